The van der Waals surface area contributed by atoms with Gasteiger partial charge in [-0.1, -0.05) is 29.3 Å². The molecule has 1 aromatic carbocycles. The van der Waals surface area contributed by atoms with Crippen LogP contribution in [0.5, 0.6) is 0 Å². The van der Waals surface area contributed by atoms with E-state index in [1.165, 1.54) is 0 Å². The van der Waals surface area contributed by atoms with Crippen molar-refractivity contribution in [1.29, 1.82) is 0 Å². The van der Waals surface area contributed by atoms with Crippen LogP contribution in [0.1, 0.15) is 15.9 Å². The fraction of sp³-hybridized carbons (Fsp3) is 0.0769. The van der Waals surface area contributed by atoms with E-state index in [0.717, 1.165) is 5.56 Å². The summed E-state index contributed by atoms with van der Waals surface area (Å²) >= 11 is 11.9. The van der Waals surface area contributed by atoms with Crippen LogP contribution in [-0.2, 0) is 0 Å². The zero-order chi connectivity index (χ0) is 13.1. The molecule has 5 heteroatoms. The normalized spacial score (nSPS) is 10.2. The molecule has 0 unspecified atom stereocenters. The van der Waals surface area contributed by atoms with Crippen molar-refractivity contribution >= 4 is 34.8 Å². The Hall–Kier alpha value is -1.58. The van der Waals surface area contributed by atoms with E-state index in [2.05, 4.69) is 10.3 Å². The van der Waals surface area contributed by atoms with Gasteiger partial charge in [-0.2, -0.15) is 0 Å². The van der Waals surface area contributed by atoms with E-state index in [9.17, 15) is 4.79 Å². The second kappa shape index (κ2) is 5.38. The lowest BCUT2D eigenvalue weighted by Crippen LogP contribution is -2.14. The average Bonchev–Trinajstić information content (AvgIpc) is 2.32. The number of hydrogen-bond donors (Lipinski definition) is 1. The summed E-state index contributed by atoms with van der Waals surface area (Å²) in [5.41, 5.74) is 1.83. The lowest BCUT2D eigenvalue weighted by atomic mass is 10.2. The summed E-state index contributed by atoms with van der Waals surface area (Å²) < 4.78 is 0. The van der Waals surface area contributed by atoms with Crippen LogP contribution in [0, 0.1) is 6.92 Å². The highest BCUT2D eigenvalue weighted by Crippen LogP contribution is 2.25. The fourth-order valence-electron chi connectivity index (χ4n) is 1.51. The zero-order valence-electron chi connectivity index (χ0n) is 9.58. The van der Waals surface area contributed by atoms with Gasteiger partial charge in [0, 0.05) is 18.1 Å². The number of rotatable bonds is 2. The number of carbonyl (C=O) groups excluding carboxylic acids is 1. The summed E-state index contributed by atoms with van der Waals surface area (Å²) in [5.74, 6) is -0.333. The van der Waals surface area contributed by atoms with Gasteiger partial charge in [0.15, 0.2) is 0 Å². The van der Waals surface area contributed by atoms with Crippen molar-refractivity contribution in [2.75, 3.05) is 5.32 Å². The van der Waals surface area contributed by atoms with E-state index in [-0.39, 0.29) is 11.5 Å². The number of amides is 1. The van der Waals surface area contributed by atoms with Crippen molar-refractivity contribution in [3.63, 3.8) is 0 Å². The van der Waals surface area contributed by atoms with Crippen LogP contribution in [0.25, 0.3) is 0 Å². The van der Waals surface area contributed by atoms with Gasteiger partial charge in [-0.05, 0) is 30.7 Å². The highest BCUT2D eigenvalue weighted by Gasteiger charge is 2.15. The van der Waals surface area contributed by atoms with Crippen LogP contribution in [-0.4, -0.2) is 10.9 Å². The quantitative estimate of drug-likeness (QED) is 0.905. The minimum Gasteiger partial charge on any atom is -0.322 e. The summed E-state index contributed by atoms with van der Waals surface area (Å²) in [6, 6.07) is 6.67. The van der Waals surface area contributed by atoms with Crippen LogP contribution in [0.2, 0.25) is 10.0 Å². The Balaban J connectivity index is 2.31. The van der Waals surface area contributed by atoms with Gasteiger partial charge in [-0.25, -0.2) is 0 Å². The number of nitrogens with zero attached hydrogens (tertiary/aromatic N) is 1. The molecule has 2 rings (SSSR count). The molecule has 0 aliphatic heterocycles. The topological polar surface area (TPSA) is 42.0 Å². The number of benzene rings is 1. The predicted octanol–water partition coefficient (Wildman–Crippen LogP) is 3.95. The number of anilines is 1. The molecule has 3 nitrogen and oxygen atoms in total. The third-order valence-electron chi connectivity index (χ3n) is 2.46. The lowest BCUT2D eigenvalue weighted by molar-refractivity contribution is 0.102. The Morgan fingerprint density at radius 3 is 2.50 bits per heavy atom. The first-order chi connectivity index (χ1) is 8.59. The van der Waals surface area contributed by atoms with Crippen molar-refractivity contribution < 1.29 is 4.79 Å². The molecular formula is C13H10Cl2N2O. The Labute approximate surface area is 115 Å². The van der Waals surface area contributed by atoms with E-state index >= 15 is 0 Å². The molecular weight excluding hydrogens is 271 g/mol. The summed E-state index contributed by atoms with van der Waals surface area (Å²) in [4.78, 5) is 16.1. The lowest BCUT2D eigenvalue weighted by Gasteiger charge is -2.09. The maximum Gasteiger partial charge on any atom is 0.258 e. The number of carbonyl (C=O) groups is 1. The summed E-state index contributed by atoms with van der Waals surface area (Å²) in [6.45, 7) is 1.86. The molecule has 0 bridgehead atoms. The number of halogens is 2. The second-order valence-corrected chi connectivity index (χ2v) is 4.56. The monoisotopic (exact) mass is 280 g/mol. The molecule has 18 heavy (non-hydrogen) atoms. The van der Waals surface area contributed by atoms with Gasteiger partial charge < -0.3 is 5.32 Å². The standard InChI is InChI=1S/C13H10Cl2N2O/c1-8-7-16-6-5-11(8)17-13(18)12-9(14)3-2-4-10(12)15/h2-7H,1H3,(H,16,17,18). The van der Waals surface area contributed by atoms with E-state index in [0.29, 0.717) is 15.7 Å². The molecule has 0 aliphatic carbocycles. The second-order valence-electron chi connectivity index (χ2n) is 3.74. The fourth-order valence-corrected chi connectivity index (χ4v) is 2.08. The number of aromatic nitrogens is 1. The van der Waals surface area contributed by atoms with Gasteiger partial charge in [0.1, 0.15) is 0 Å². The van der Waals surface area contributed by atoms with Gasteiger partial charge in [0.2, 0.25) is 0 Å². The smallest absolute Gasteiger partial charge is 0.258 e. The van der Waals surface area contributed by atoms with Gasteiger partial charge in [-0.3, -0.25) is 9.78 Å². The molecule has 2 aromatic rings. The SMILES string of the molecule is Cc1cnccc1NC(=O)c1c(Cl)cccc1Cl. The summed E-state index contributed by atoms with van der Waals surface area (Å²) in [5, 5.41) is 3.41. The first-order valence-electron chi connectivity index (χ1n) is 5.25. The molecule has 0 saturated carbocycles. The Kier molecular flexibility index (Phi) is 3.84. The van der Waals surface area contributed by atoms with E-state index in [4.69, 9.17) is 23.2 Å². The third kappa shape index (κ3) is 2.63. The molecule has 0 aliphatic rings. The van der Waals surface area contributed by atoms with Crippen LogP contribution >= 0.6 is 23.2 Å². The van der Waals surface area contributed by atoms with Crippen molar-refractivity contribution in [3.8, 4) is 0 Å². The van der Waals surface area contributed by atoms with E-state index in [1.807, 2.05) is 6.92 Å². The van der Waals surface area contributed by atoms with Gasteiger partial charge in [-0.15, -0.1) is 0 Å². The van der Waals surface area contributed by atoms with Crippen molar-refractivity contribution in [3.05, 3.63) is 57.8 Å². The highest BCUT2D eigenvalue weighted by molar-refractivity contribution is 6.40. The van der Waals surface area contributed by atoms with Gasteiger partial charge in [0.05, 0.1) is 15.6 Å². The Morgan fingerprint density at radius 2 is 1.89 bits per heavy atom. The zero-order valence-corrected chi connectivity index (χ0v) is 11.1. The Morgan fingerprint density at radius 1 is 1.22 bits per heavy atom. The van der Waals surface area contributed by atoms with Crippen LogP contribution in [0.3, 0.4) is 0 Å². The molecule has 0 radical (unpaired) electrons. The molecule has 1 aromatic heterocycles. The number of pyridine rings is 1. The summed E-state index contributed by atoms with van der Waals surface area (Å²) in [6.07, 6.45) is 3.28. The molecule has 1 heterocycles. The molecule has 92 valence electrons. The van der Waals surface area contributed by atoms with E-state index < -0.39 is 0 Å². The summed E-state index contributed by atoms with van der Waals surface area (Å²) in [7, 11) is 0. The number of nitrogens with one attached hydrogen (secondary N) is 1. The minimum atomic E-state index is -0.333. The molecule has 1 amide bonds. The average molecular weight is 281 g/mol. The van der Waals surface area contributed by atoms with Crippen molar-refractivity contribution in [1.82, 2.24) is 4.98 Å². The van der Waals surface area contributed by atoms with Crippen molar-refractivity contribution in [2.45, 2.75) is 6.92 Å². The van der Waals surface area contributed by atoms with Crippen molar-refractivity contribution in [2.24, 2.45) is 0 Å². The largest absolute Gasteiger partial charge is 0.322 e. The van der Waals surface area contributed by atoms with Gasteiger partial charge >= 0.3 is 0 Å². The molecule has 0 fully saturated rings. The maximum atomic E-state index is 12.1. The van der Waals surface area contributed by atoms with Crippen LogP contribution < -0.4 is 5.32 Å². The van der Waals surface area contributed by atoms with Gasteiger partial charge in [0.25, 0.3) is 5.91 Å². The third-order valence-corrected chi connectivity index (χ3v) is 3.09. The predicted molar refractivity (Wildman–Crippen MR) is 73.4 cm³/mol. The molecule has 0 atom stereocenters. The molecule has 0 saturated heterocycles. The maximum absolute atomic E-state index is 12.1. The van der Waals surface area contributed by atoms with E-state index in [1.54, 1.807) is 36.7 Å². The molecule has 1 N–H and O–H groups in total. The number of aryl methyl sites for hydroxylation is 1. The van der Waals surface area contributed by atoms with Crippen LogP contribution in [0.4, 0.5) is 5.69 Å². The molecule has 0 spiro atoms. The highest BCUT2D eigenvalue weighted by atomic mass is 35.5. The minimum absolute atomic E-state index is 0.275. The first kappa shape index (κ1) is 12.9. The number of hydrogen-bond acceptors (Lipinski definition) is 2. The van der Waals surface area contributed by atoms with Crippen LogP contribution in [0.15, 0.2) is 36.7 Å². The first-order valence-corrected chi connectivity index (χ1v) is 6.01. The Bertz CT molecular complexity index is 579.